The fourth-order valence-corrected chi connectivity index (χ4v) is 2.80. The van der Waals surface area contributed by atoms with Gasteiger partial charge in [0.15, 0.2) is 0 Å². The first kappa shape index (κ1) is 13.3. The normalized spacial score (nSPS) is 24.5. The minimum absolute atomic E-state index is 0.355. The van der Waals surface area contributed by atoms with Crippen LogP contribution in [-0.4, -0.2) is 66.9 Å². The highest BCUT2D eigenvalue weighted by Crippen LogP contribution is 2.21. The van der Waals surface area contributed by atoms with Crippen LogP contribution >= 0.6 is 0 Å². The van der Waals surface area contributed by atoms with Gasteiger partial charge in [0.1, 0.15) is 0 Å². The molecular weight excluding hydrogens is 232 g/mol. The molecule has 6 nitrogen and oxygen atoms in total. The van der Waals surface area contributed by atoms with Crippen molar-refractivity contribution >= 4 is 11.8 Å². The molecule has 0 radical (unpaired) electrons. The zero-order chi connectivity index (χ0) is 13.0. The standard InChI is InChI=1S/C12H22N4O2/c13-4-5-14-11(17)12(18)16-8-2-7-15-6-1-3-10(15)9-16/h10H,1-9,13H2,(H,14,17). The highest BCUT2D eigenvalue weighted by Gasteiger charge is 2.32. The summed E-state index contributed by atoms with van der Waals surface area (Å²) < 4.78 is 0. The molecule has 1 atom stereocenters. The Morgan fingerprint density at radius 2 is 2.00 bits per heavy atom. The molecule has 0 aromatic heterocycles. The Labute approximate surface area is 107 Å². The first-order chi connectivity index (χ1) is 8.72. The van der Waals surface area contributed by atoms with Gasteiger partial charge in [-0.05, 0) is 25.8 Å². The van der Waals surface area contributed by atoms with Gasteiger partial charge in [0.25, 0.3) is 0 Å². The monoisotopic (exact) mass is 254 g/mol. The Morgan fingerprint density at radius 3 is 2.78 bits per heavy atom. The minimum atomic E-state index is -0.521. The molecule has 0 bridgehead atoms. The van der Waals surface area contributed by atoms with E-state index in [9.17, 15) is 9.59 Å². The van der Waals surface area contributed by atoms with E-state index < -0.39 is 11.8 Å². The molecule has 2 amide bonds. The number of carbonyl (C=O) groups is 2. The van der Waals surface area contributed by atoms with Crippen LogP contribution in [0.2, 0.25) is 0 Å². The van der Waals surface area contributed by atoms with Crippen molar-refractivity contribution in [3.8, 4) is 0 Å². The zero-order valence-corrected chi connectivity index (χ0v) is 10.7. The number of nitrogens with zero attached hydrogens (tertiary/aromatic N) is 2. The molecule has 2 saturated heterocycles. The Morgan fingerprint density at radius 1 is 1.22 bits per heavy atom. The molecule has 2 heterocycles. The van der Waals surface area contributed by atoms with Crippen LogP contribution in [0.1, 0.15) is 19.3 Å². The quantitative estimate of drug-likeness (QED) is 0.604. The Hall–Kier alpha value is -1.14. The van der Waals surface area contributed by atoms with Gasteiger partial charge in [0, 0.05) is 38.8 Å². The smallest absolute Gasteiger partial charge is 0.311 e. The molecule has 0 spiro atoms. The molecule has 2 aliphatic heterocycles. The second-order valence-corrected chi connectivity index (χ2v) is 4.98. The van der Waals surface area contributed by atoms with E-state index >= 15 is 0 Å². The van der Waals surface area contributed by atoms with Gasteiger partial charge in [-0.25, -0.2) is 0 Å². The van der Waals surface area contributed by atoms with Crippen molar-refractivity contribution in [2.45, 2.75) is 25.3 Å². The van der Waals surface area contributed by atoms with E-state index in [4.69, 9.17) is 5.73 Å². The van der Waals surface area contributed by atoms with Crippen LogP contribution in [0.3, 0.4) is 0 Å². The summed E-state index contributed by atoms with van der Waals surface area (Å²) in [7, 11) is 0. The van der Waals surface area contributed by atoms with Crippen LogP contribution in [0.5, 0.6) is 0 Å². The van der Waals surface area contributed by atoms with Gasteiger partial charge >= 0.3 is 11.8 Å². The van der Waals surface area contributed by atoms with Gasteiger partial charge in [0.2, 0.25) is 0 Å². The maximum Gasteiger partial charge on any atom is 0.311 e. The second kappa shape index (κ2) is 6.15. The predicted molar refractivity (Wildman–Crippen MR) is 67.9 cm³/mol. The predicted octanol–water partition coefficient (Wildman–Crippen LogP) is -1.24. The Kier molecular flexibility index (Phi) is 4.54. The number of hydrogen-bond donors (Lipinski definition) is 2. The van der Waals surface area contributed by atoms with E-state index in [-0.39, 0.29) is 0 Å². The summed E-state index contributed by atoms with van der Waals surface area (Å²) in [6.07, 6.45) is 3.28. The summed E-state index contributed by atoms with van der Waals surface area (Å²) >= 11 is 0. The molecular formula is C12H22N4O2. The third-order valence-corrected chi connectivity index (χ3v) is 3.71. The van der Waals surface area contributed by atoms with Crippen LogP contribution in [0, 0.1) is 0 Å². The van der Waals surface area contributed by atoms with Crippen molar-refractivity contribution in [2.75, 3.05) is 39.3 Å². The van der Waals surface area contributed by atoms with Crippen molar-refractivity contribution in [2.24, 2.45) is 5.73 Å². The number of fused-ring (bicyclic) bond motifs is 1. The molecule has 1 unspecified atom stereocenters. The molecule has 2 fully saturated rings. The van der Waals surface area contributed by atoms with E-state index in [1.165, 1.54) is 6.42 Å². The largest absolute Gasteiger partial charge is 0.347 e. The minimum Gasteiger partial charge on any atom is -0.347 e. The van der Waals surface area contributed by atoms with E-state index in [0.717, 1.165) is 25.9 Å². The highest BCUT2D eigenvalue weighted by molar-refractivity contribution is 6.35. The summed E-state index contributed by atoms with van der Waals surface area (Å²) in [6.45, 7) is 4.26. The zero-order valence-electron chi connectivity index (χ0n) is 10.7. The first-order valence-corrected chi connectivity index (χ1v) is 6.73. The fourth-order valence-electron chi connectivity index (χ4n) is 2.80. The van der Waals surface area contributed by atoms with Crippen molar-refractivity contribution in [3.63, 3.8) is 0 Å². The van der Waals surface area contributed by atoms with Gasteiger partial charge in [-0.2, -0.15) is 0 Å². The van der Waals surface area contributed by atoms with E-state index in [1.807, 2.05) is 0 Å². The Balaban J connectivity index is 1.91. The van der Waals surface area contributed by atoms with Gasteiger partial charge in [-0.1, -0.05) is 0 Å². The molecule has 2 aliphatic rings. The highest BCUT2D eigenvalue weighted by atomic mass is 16.2. The van der Waals surface area contributed by atoms with Crippen molar-refractivity contribution < 1.29 is 9.59 Å². The van der Waals surface area contributed by atoms with Gasteiger partial charge in [-0.15, -0.1) is 0 Å². The average molecular weight is 254 g/mol. The van der Waals surface area contributed by atoms with Crippen LogP contribution in [0.25, 0.3) is 0 Å². The maximum absolute atomic E-state index is 12.0. The van der Waals surface area contributed by atoms with E-state index in [2.05, 4.69) is 10.2 Å². The number of rotatable bonds is 2. The molecule has 0 aliphatic carbocycles. The number of nitrogens with two attached hydrogens (primary N) is 1. The van der Waals surface area contributed by atoms with Crippen LogP contribution in [0.15, 0.2) is 0 Å². The second-order valence-electron chi connectivity index (χ2n) is 4.98. The summed E-state index contributed by atoms with van der Waals surface area (Å²) in [6, 6.07) is 0.443. The number of nitrogens with one attached hydrogen (secondary N) is 1. The summed E-state index contributed by atoms with van der Waals surface area (Å²) in [5.41, 5.74) is 5.30. The summed E-state index contributed by atoms with van der Waals surface area (Å²) in [5.74, 6) is -0.927. The summed E-state index contributed by atoms with van der Waals surface area (Å²) in [5, 5.41) is 2.54. The lowest BCUT2D eigenvalue weighted by molar-refractivity contribution is -0.146. The van der Waals surface area contributed by atoms with Gasteiger partial charge in [-0.3, -0.25) is 14.5 Å². The molecule has 0 aromatic carbocycles. The average Bonchev–Trinajstić information content (AvgIpc) is 2.72. The van der Waals surface area contributed by atoms with Crippen molar-refractivity contribution in [3.05, 3.63) is 0 Å². The van der Waals surface area contributed by atoms with E-state index in [1.54, 1.807) is 4.90 Å². The summed E-state index contributed by atoms with van der Waals surface area (Å²) in [4.78, 5) is 27.8. The number of carbonyl (C=O) groups excluding carboxylic acids is 2. The fraction of sp³-hybridized carbons (Fsp3) is 0.833. The number of hydrogen-bond acceptors (Lipinski definition) is 4. The molecule has 0 saturated carbocycles. The molecule has 3 N–H and O–H groups in total. The molecule has 0 aromatic rings. The lowest BCUT2D eigenvalue weighted by Gasteiger charge is -2.25. The topological polar surface area (TPSA) is 78.7 Å². The number of amides is 2. The third-order valence-electron chi connectivity index (χ3n) is 3.71. The molecule has 102 valence electrons. The van der Waals surface area contributed by atoms with Crippen LogP contribution in [0.4, 0.5) is 0 Å². The first-order valence-electron chi connectivity index (χ1n) is 6.73. The SMILES string of the molecule is NCCNC(=O)C(=O)N1CCCN2CCCC2C1. The van der Waals surface area contributed by atoms with Crippen LogP contribution in [-0.2, 0) is 9.59 Å². The van der Waals surface area contributed by atoms with Crippen molar-refractivity contribution in [1.82, 2.24) is 15.1 Å². The molecule has 18 heavy (non-hydrogen) atoms. The Bertz CT molecular complexity index is 321. The molecule has 6 heteroatoms. The van der Waals surface area contributed by atoms with Gasteiger partial charge in [0.05, 0.1) is 0 Å². The molecule has 2 rings (SSSR count). The maximum atomic E-state index is 12.0. The van der Waals surface area contributed by atoms with Crippen LogP contribution < -0.4 is 11.1 Å². The third kappa shape index (κ3) is 3.00. The lowest BCUT2D eigenvalue weighted by atomic mass is 10.2. The lowest BCUT2D eigenvalue weighted by Crippen LogP contribution is -2.47. The van der Waals surface area contributed by atoms with E-state index in [0.29, 0.717) is 32.2 Å². The van der Waals surface area contributed by atoms with Gasteiger partial charge < -0.3 is 16.0 Å². The van der Waals surface area contributed by atoms with Crippen molar-refractivity contribution in [1.29, 1.82) is 0 Å².